The van der Waals surface area contributed by atoms with Gasteiger partial charge in [-0.25, -0.2) is 9.78 Å². The molecule has 3 aromatic rings. The van der Waals surface area contributed by atoms with E-state index < -0.39 is 6.10 Å². The molecule has 1 saturated carbocycles. The van der Waals surface area contributed by atoms with E-state index in [4.69, 9.17) is 0 Å². The number of benzene rings is 2. The van der Waals surface area contributed by atoms with Crippen molar-refractivity contribution in [3.8, 4) is 0 Å². The summed E-state index contributed by atoms with van der Waals surface area (Å²) in [6.45, 7) is 3.73. The minimum Gasteiger partial charge on any atom is -0.391 e. The van der Waals surface area contributed by atoms with Gasteiger partial charge in [0.25, 0.3) is 0 Å². The molecule has 7 heteroatoms. The molecule has 2 fully saturated rings. The number of aromatic amines is 1. The van der Waals surface area contributed by atoms with Gasteiger partial charge in [-0.1, -0.05) is 60.7 Å². The molecule has 1 saturated heterocycles. The number of nitrogens with one attached hydrogen (secondary N) is 1. The quantitative estimate of drug-likeness (QED) is 0.629. The van der Waals surface area contributed by atoms with E-state index in [2.05, 4.69) is 39.1 Å². The molecule has 2 aliphatic rings. The second-order valence-electron chi connectivity index (χ2n) is 8.85. The van der Waals surface area contributed by atoms with Crippen LogP contribution in [-0.4, -0.2) is 67.1 Å². The molecule has 2 aromatic carbocycles. The van der Waals surface area contributed by atoms with Crippen molar-refractivity contribution in [2.75, 3.05) is 19.6 Å². The Hall–Kier alpha value is -3.16. The van der Waals surface area contributed by atoms with Gasteiger partial charge < -0.3 is 19.9 Å². The Morgan fingerprint density at radius 1 is 1.06 bits per heavy atom. The number of carbonyl (C=O) groups excluding carboxylic acids is 1. The lowest BCUT2D eigenvalue weighted by atomic mass is 10.1. The Labute approximate surface area is 188 Å². The number of amides is 2. The smallest absolute Gasteiger partial charge is 0.320 e. The summed E-state index contributed by atoms with van der Waals surface area (Å²) in [5.41, 5.74) is 2.88. The molecule has 0 radical (unpaired) electrons. The molecule has 2 amide bonds. The van der Waals surface area contributed by atoms with Crippen LogP contribution in [-0.2, 0) is 19.6 Å². The third-order valence-corrected chi connectivity index (χ3v) is 6.63. The van der Waals surface area contributed by atoms with Crippen LogP contribution < -0.4 is 0 Å². The van der Waals surface area contributed by atoms with E-state index in [9.17, 15) is 9.90 Å². The van der Waals surface area contributed by atoms with Gasteiger partial charge in [0.1, 0.15) is 0 Å². The van der Waals surface area contributed by atoms with Crippen LogP contribution in [0.2, 0.25) is 0 Å². The summed E-state index contributed by atoms with van der Waals surface area (Å²) in [5, 5.41) is 10.5. The van der Waals surface area contributed by atoms with Gasteiger partial charge in [0, 0.05) is 51.2 Å². The van der Waals surface area contributed by atoms with Crippen molar-refractivity contribution < 1.29 is 9.90 Å². The minimum absolute atomic E-state index is 0.0253. The van der Waals surface area contributed by atoms with E-state index in [0.29, 0.717) is 39.1 Å². The first-order chi connectivity index (χ1) is 15.6. The summed E-state index contributed by atoms with van der Waals surface area (Å²) in [4.78, 5) is 27.1. The average Bonchev–Trinajstić information content (AvgIpc) is 3.20. The number of rotatable bonds is 6. The highest BCUT2D eigenvalue weighted by Gasteiger charge is 2.60. The van der Waals surface area contributed by atoms with E-state index in [-0.39, 0.29) is 11.6 Å². The SMILES string of the molecule is O=C(N(Cc1ccccc1)Cc1ccccc1)N1CCN(Cc2cnc[nH]2)C2(CC2O)C1. The summed E-state index contributed by atoms with van der Waals surface area (Å²) < 4.78 is 0. The number of aliphatic hydroxyl groups excluding tert-OH is 1. The molecule has 166 valence electrons. The van der Waals surface area contributed by atoms with Crippen molar-refractivity contribution in [1.82, 2.24) is 24.7 Å². The highest BCUT2D eigenvalue weighted by molar-refractivity contribution is 5.75. The maximum absolute atomic E-state index is 13.7. The van der Waals surface area contributed by atoms with Crippen molar-refractivity contribution in [3.05, 3.63) is 90.0 Å². The zero-order valence-electron chi connectivity index (χ0n) is 18.1. The van der Waals surface area contributed by atoms with E-state index in [1.807, 2.05) is 52.4 Å². The minimum atomic E-state index is -0.405. The molecule has 1 aliphatic carbocycles. The van der Waals surface area contributed by atoms with E-state index in [1.54, 1.807) is 6.33 Å². The molecule has 1 aliphatic heterocycles. The van der Waals surface area contributed by atoms with Gasteiger partial charge in [-0.2, -0.15) is 0 Å². The second kappa shape index (κ2) is 8.76. The molecule has 1 spiro atoms. The Balaban J connectivity index is 1.33. The predicted octanol–water partition coefficient (Wildman–Crippen LogP) is 2.85. The molecule has 32 heavy (non-hydrogen) atoms. The van der Waals surface area contributed by atoms with E-state index in [0.717, 1.165) is 23.4 Å². The van der Waals surface area contributed by atoms with Crippen molar-refractivity contribution in [3.63, 3.8) is 0 Å². The summed E-state index contributed by atoms with van der Waals surface area (Å²) in [5.74, 6) is 0. The van der Waals surface area contributed by atoms with Crippen LogP contribution in [0, 0.1) is 0 Å². The largest absolute Gasteiger partial charge is 0.391 e. The van der Waals surface area contributed by atoms with E-state index >= 15 is 0 Å². The zero-order valence-corrected chi connectivity index (χ0v) is 18.1. The zero-order chi connectivity index (χ0) is 22.0. The summed E-state index contributed by atoms with van der Waals surface area (Å²) in [6.07, 6.45) is 3.79. The van der Waals surface area contributed by atoms with Crippen LogP contribution in [0.4, 0.5) is 4.79 Å². The number of urea groups is 1. The fraction of sp³-hybridized carbons (Fsp3) is 0.360. The number of hydrogen-bond acceptors (Lipinski definition) is 4. The molecule has 0 bridgehead atoms. The van der Waals surface area contributed by atoms with Crippen molar-refractivity contribution >= 4 is 6.03 Å². The standard InChI is InChI=1S/C25H29N5O2/c31-23-13-25(23)18-28(11-12-30(25)17-22-14-26-19-27-22)24(32)29(15-20-7-3-1-4-8-20)16-21-9-5-2-6-10-21/h1-10,14,19,23,31H,11-13,15-18H2,(H,26,27). The fourth-order valence-corrected chi connectivity index (χ4v) is 4.73. The highest BCUT2D eigenvalue weighted by Crippen LogP contribution is 2.45. The lowest BCUT2D eigenvalue weighted by molar-refractivity contribution is 0.0300. The first-order valence-corrected chi connectivity index (χ1v) is 11.2. The molecular formula is C25H29N5O2. The Morgan fingerprint density at radius 2 is 1.69 bits per heavy atom. The molecule has 5 rings (SSSR count). The number of carbonyl (C=O) groups is 1. The van der Waals surface area contributed by atoms with Crippen LogP contribution in [0.15, 0.2) is 73.2 Å². The van der Waals surface area contributed by atoms with Gasteiger partial charge in [-0.15, -0.1) is 0 Å². The van der Waals surface area contributed by atoms with Crippen LogP contribution in [0.3, 0.4) is 0 Å². The van der Waals surface area contributed by atoms with Crippen LogP contribution in [0.1, 0.15) is 23.2 Å². The van der Waals surface area contributed by atoms with Crippen LogP contribution in [0.5, 0.6) is 0 Å². The first kappa shape index (κ1) is 20.7. The molecule has 2 heterocycles. The predicted molar refractivity (Wildman–Crippen MR) is 121 cm³/mol. The molecule has 2 unspecified atom stereocenters. The lowest BCUT2D eigenvalue weighted by Gasteiger charge is -2.43. The monoisotopic (exact) mass is 431 g/mol. The topological polar surface area (TPSA) is 75.7 Å². The average molecular weight is 432 g/mol. The number of H-pyrrole nitrogens is 1. The summed E-state index contributed by atoms with van der Waals surface area (Å²) in [6, 6.07) is 20.2. The first-order valence-electron chi connectivity index (χ1n) is 11.2. The normalized spacial score (nSPS) is 22.8. The third-order valence-electron chi connectivity index (χ3n) is 6.63. The number of aliphatic hydroxyl groups is 1. The second-order valence-corrected chi connectivity index (χ2v) is 8.85. The Bertz CT molecular complexity index is 986. The number of imidazole rings is 1. The number of aromatic nitrogens is 2. The van der Waals surface area contributed by atoms with Crippen molar-refractivity contribution in [2.45, 2.75) is 37.7 Å². The summed E-state index contributed by atoms with van der Waals surface area (Å²) >= 11 is 0. The van der Waals surface area contributed by atoms with Gasteiger partial charge in [-0.05, 0) is 17.5 Å². The lowest BCUT2D eigenvalue weighted by Crippen LogP contribution is -2.59. The van der Waals surface area contributed by atoms with Gasteiger partial charge in [0.05, 0.1) is 18.0 Å². The van der Waals surface area contributed by atoms with Crippen LogP contribution >= 0.6 is 0 Å². The number of piperazine rings is 1. The molecule has 1 aromatic heterocycles. The third kappa shape index (κ3) is 4.26. The van der Waals surface area contributed by atoms with Crippen molar-refractivity contribution in [1.29, 1.82) is 0 Å². The summed E-state index contributed by atoms with van der Waals surface area (Å²) in [7, 11) is 0. The van der Waals surface area contributed by atoms with Crippen molar-refractivity contribution in [2.24, 2.45) is 0 Å². The molecule has 2 atom stereocenters. The number of hydrogen-bond donors (Lipinski definition) is 2. The van der Waals surface area contributed by atoms with Gasteiger partial charge in [-0.3, -0.25) is 4.90 Å². The maximum Gasteiger partial charge on any atom is 0.320 e. The number of nitrogens with zero attached hydrogens (tertiary/aromatic N) is 4. The van der Waals surface area contributed by atoms with E-state index in [1.165, 1.54) is 0 Å². The molecular weight excluding hydrogens is 402 g/mol. The van der Waals surface area contributed by atoms with Gasteiger partial charge in [0.2, 0.25) is 0 Å². The fourth-order valence-electron chi connectivity index (χ4n) is 4.73. The highest BCUT2D eigenvalue weighted by atomic mass is 16.3. The Kier molecular flexibility index (Phi) is 5.68. The maximum atomic E-state index is 13.7. The molecule has 7 nitrogen and oxygen atoms in total. The Morgan fingerprint density at radius 3 is 2.22 bits per heavy atom. The van der Waals surface area contributed by atoms with Crippen LogP contribution in [0.25, 0.3) is 0 Å². The molecule has 2 N–H and O–H groups in total. The van der Waals surface area contributed by atoms with Gasteiger partial charge in [0.15, 0.2) is 0 Å². The van der Waals surface area contributed by atoms with Gasteiger partial charge >= 0.3 is 6.03 Å².